The number of ketones is 1. The zero-order valence-electron chi connectivity index (χ0n) is 21.2. The highest BCUT2D eigenvalue weighted by molar-refractivity contribution is 7.92. The van der Waals surface area contributed by atoms with E-state index in [0.717, 1.165) is 17.4 Å². The van der Waals surface area contributed by atoms with Crippen molar-refractivity contribution < 1.29 is 31.2 Å². The topological polar surface area (TPSA) is 129 Å². The lowest BCUT2D eigenvalue weighted by Crippen LogP contribution is -2.58. The van der Waals surface area contributed by atoms with Gasteiger partial charge in [-0.3, -0.25) is 14.3 Å². The van der Waals surface area contributed by atoms with Crippen molar-refractivity contribution in [2.45, 2.75) is 56.4 Å². The molecule has 39 heavy (non-hydrogen) atoms. The van der Waals surface area contributed by atoms with Crippen molar-refractivity contribution in [3.63, 3.8) is 0 Å². The second-order valence-electron chi connectivity index (χ2n) is 10.7. The highest BCUT2D eigenvalue weighted by Gasteiger charge is 2.53. The van der Waals surface area contributed by atoms with Crippen molar-refractivity contribution in [1.82, 2.24) is 5.32 Å². The number of sulfonamides is 1. The van der Waals surface area contributed by atoms with E-state index in [2.05, 4.69) is 16.1 Å². The molecule has 3 aromatic rings. The first-order chi connectivity index (χ1) is 18.3. The minimum absolute atomic E-state index is 0.0548. The van der Waals surface area contributed by atoms with Crippen molar-refractivity contribution in [1.29, 1.82) is 5.26 Å². The molecule has 1 amide bonds. The van der Waals surface area contributed by atoms with Gasteiger partial charge in [-0.15, -0.1) is 0 Å². The molecular weight excluding hydrogens is 528 g/mol. The van der Waals surface area contributed by atoms with Crippen LogP contribution in [0.2, 0.25) is 0 Å². The van der Waals surface area contributed by atoms with Crippen LogP contribution in [0.3, 0.4) is 0 Å². The van der Waals surface area contributed by atoms with Gasteiger partial charge in [0.15, 0.2) is 11.5 Å². The number of amides is 1. The molecule has 0 radical (unpaired) electrons. The molecule has 8 nitrogen and oxygen atoms in total. The first-order valence-electron chi connectivity index (χ1n) is 12.6. The molecule has 2 aliphatic carbocycles. The Morgan fingerprint density at radius 3 is 2.21 bits per heavy atom. The van der Waals surface area contributed by atoms with Gasteiger partial charge in [0, 0.05) is 30.3 Å². The van der Waals surface area contributed by atoms with E-state index in [1.165, 1.54) is 6.07 Å². The van der Waals surface area contributed by atoms with Crippen LogP contribution in [-0.2, 0) is 14.8 Å². The Balaban J connectivity index is 1.37. The van der Waals surface area contributed by atoms with Crippen LogP contribution in [0.25, 0.3) is 22.1 Å². The number of nitrogens with one attached hydrogen (secondary N) is 2. The second kappa shape index (κ2) is 9.45. The maximum absolute atomic E-state index is 14.0. The Hall–Kier alpha value is -3.78. The fourth-order valence-electron chi connectivity index (χ4n) is 5.02. The van der Waals surface area contributed by atoms with Crippen LogP contribution in [0.1, 0.15) is 55.5 Å². The molecule has 204 valence electrons. The van der Waals surface area contributed by atoms with Crippen molar-refractivity contribution in [3.05, 3.63) is 54.3 Å². The lowest BCUT2D eigenvalue weighted by atomic mass is 9.74. The lowest BCUT2D eigenvalue weighted by molar-refractivity contribution is -0.131. The summed E-state index contributed by atoms with van der Waals surface area (Å²) in [4.78, 5) is 26.6. The number of hydrogen-bond acceptors (Lipinski definition) is 6. The highest BCUT2D eigenvalue weighted by atomic mass is 32.2. The second-order valence-corrected chi connectivity index (χ2v) is 12.4. The van der Waals surface area contributed by atoms with Gasteiger partial charge in [0.2, 0.25) is 15.9 Å². The van der Waals surface area contributed by atoms with Crippen LogP contribution in [0, 0.1) is 16.7 Å². The molecule has 0 unspecified atom stereocenters. The number of nitriles is 1. The van der Waals surface area contributed by atoms with Crippen LogP contribution in [0.4, 0.5) is 14.5 Å². The average Bonchev–Trinajstić information content (AvgIpc) is 3.51. The molecule has 2 N–H and O–H groups in total. The molecule has 0 atom stereocenters. The number of Topliss-reactive ketones (excluding diaryl/α,β-unsaturated/α-hetero) is 1. The third-order valence-electron chi connectivity index (χ3n) is 7.58. The minimum atomic E-state index is -3.40. The number of anilines is 1. The number of halogens is 2. The number of carbonyl (C=O) groups excluding carboxylic acids is 2. The Morgan fingerprint density at radius 1 is 0.974 bits per heavy atom. The fourth-order valence-corrected chi connectivity index (χ4v) is 5.58. The molecule has 1 aromatic heterocycles. The molecule has 2 aromatic carbocycles. The summed E-state index contributed by atoms with van der Waals surface area (Å²) in [6.07, 6.45) is 0.687. The number of benzene rings is 2. The zero-order valence-corrected chi connectivity index (χ0v) is 22.0. The molecule has 2 aliphatic rings. The number of hydrogen-bond donors (Lipinski definition) is 2. The lowest BCUT2D eigenvalue weighted by Gasteiger charge is -2.39. The predicted octanol–water partition coefficient (Wildman–Crippen LogP) is 5.41. The Labute approximate surface area is 224 Å². The first-order valence-corrected chi connectivity index (χ1v) is 14.5. The molecule has 11 heteroatoms. The van der Waals surface area contributed by atoms with E-state index in [9.17, 15) is 32.0 Å². The Bertz CT molecular complexity index is 1590. The van der Waals surface area contributed by atoms with E-state index in [1.807, 2.05) is 6.07 Å². The van der Waals surface area contributed by atoms with Gasteiger partial charge in [0.25, 0.3) is 5.91 Å². The molecule has 0 saturated heterocycles. The van der Waals surface area contributed by atoms with Crippen LogP contribution in [0.5, 0.6) is 0 Å². The van der Waals surface area contributed by atoms with Crippen molar-refractivity contribution >= 4 is 38.4 Å². The van der Waals surface area contributed by atoms with Crippen LogP contribution >= 0.6 is 0 Å². The molecule has 5 rings (SSSR count). The third-order valence-corrected chi connectivity index (χ3v) is 8.18. The van der Waals surface area contributed by atoms with Gasteiger partial charge in [-0.1, -0.05) is 24.3 Å². The molecule has 0 aliphatic heterocycles. The van der Waals surface area contributed by atoms with Crippen LogP contribution in [-0.4, -0.2) is 37.8 Å². The SMILES string of the molecule is CS(=O)(=O)Nc1ccc(-c2ccc3cc(C(=O)NC4(C(=O)CC5(C#N)CC5)CCC(F)(F)CC4)oc3c2)cc1. The highest BCUT2D eigenvalue weighted by Crippen LogP contribution is 2.50. The summed E-state index contributed by atoms with van der Waals surface area (Å²) in [7, 11) is -3.40. The van der Waals surface area contributed by atoms with Gasteiger partial charge >= 0.3 is 0 Å². The van der Waals surface area contributed by atoms with E-state index >= 15 is 0 Å². The van der Waals surface area contributed by atoms with E-state index in [-0.39, 0.29) is 25.0 Å². The fraction of sp³-hybridized carbons (Fsp3) is 0.393. The number of nitrogens with zero attached hydrogens (tertiary/aromatic N) is 1. The molecular formula is C28H27F2N3O5S. The quantitative estimate of drug-likeness (QED) is 0.382. The number of furan rings is 1. The number of carbonyl (C=O) groups is 2. The smallest absolute Gasteiger partial charge is 0.287 e. The summed E-state index contributed by atoms with van der Waals surface area (Å²) in [5.74, 6) is -4.03. The van der Waals surface area contributed by atoms with Gasteiger partial charge in [-0.25, -0.2) is 17.2 Å². The summed E-state index contributed by atoms with van der Waals surface area (Å²) in [5, 5.41) is 12.8. The minimum Gasteiger partial charge on any atom is -0.451 e. The molecule has 2 saturated carbocycles. The Kier molecular flexibility index (Phi) is 6.50. The summed E-state index contributed by atoms with van der Waals surface area (Å²) >= 11 is 0. The summed E-state index contributed by atoms with van der Waals surface area (Å²) in [6, 6.07) is 15.8. The van der Waals surface area contributed by atoms with Gasteiger partial charge in [0.05, 0.1) is 23.3 Å². The van der Waals surface area contributed by atoms with Crippen molar-refractivity contribution in [2.24, 2.45) is 5.41 Å². The predicted molar refractivity (Wildman–Crippen MR) is 141 cm³/mol. The normalized spacial score (nSPS) is 19.1. The maximum Gasteiger partial charge on any atom is 0.287 e. The van der Waals surface area contributed by atoms with Gasteiger partial charge in [-0.05, 0) is 61.1 Å². The average molecular weight is 556 g/mol. The standard InChI is InChI=1S/C28H27F2N3O5S/c1-39(36,37)33-21-6-4-18(5-7-21)19-2-3-20-15-23(38-22(20)14-19)25(35)32-27(10-12-28(29,30)13-11-27)24(34)16-26(17-31)8-9-26/h2-7,14-15,33H,8-13,16H2,1H3,(H,32,35). The monoisotopic (exact) mass is 555 g/mol. The van der Waals surface area contributed by atoms with Crippen LogP contribution < -0.4 is 10.0 Å². The third kappa shape index (κ3) is 5.81. The van der Waals surface area contributed by atoms with Gasteiger partial charge < -0.3 is 9.73 Å². The van der Waals surface area contributed by atoms with E-state index in [0.29, 0.717) is 29.5 Å². The molecule has 0 bridgehead atoms. The molecule has 0 spiro atoms. The maximum atomic E-state index is 14.0. The largest absolute Gasteiger partial charge is 0.451 e. The van der Waals surface area contributed by atoms with E-state index in [1.54, 1.807) is 36.4 Å². The van der Waals surface area contributed by atoms with Crippen molar-refractivity contribution in [2.75, 3.05) is 11.0 Å². The van der Waals surface area contributed by atoms with E-state index in [4.69, 9.17) is 4.42 Å². The zero-order chi connectivity index (χ0) is 28.1. The van der Waals surface area contributed by atoms with E-state index < -0.39 is 51.4 Å². The summed E-state index contributed by atoms with van der Waals surface area (Å²) < 4.78 is 59.0. The molecule has 1 heterocycles. The number of rotatable bonds is 8. The summed E-state index contributed by atoms with van der Waals surface area (Å²) in [5.41, 5.74) is 0.152. The van der Waals surface area contributed by atoms with Crippen LogP contribution in [0.15, 0.2) is 52.9 Å². The Morgan fingerprint density at radius 2 is 1.62 bits per heavy atom. The van der Waals surface area contributed by atoms with Gasteiger partial charge in [0.1, 0.15) is 5.58 Å². The summed E-state index contributed by atoms with van der Waals surface area (Å²) in [6.45, 7) is 0. The molecule has 2 fully saturated rings. The van der Waals surface area contributed by atoms with Gasteiger partial charge in [-0.2, -0.15) is 5.26 Å². The van der Waals surface area contributed by atoms with Crippen molar-refractivity contribution in [3.8, 4) is 17.2 Å². The number of alkyl halides is 2. The first kappa shape index (κ1) is 26.8. The number of fused-ring (bicyclic) bond motifs is 1.